The quantitative estimate of drug-likeness (QED) is 0.435. The molecule has 8 nitrogen and oxygen atoms in total. The number of ether oxygens (including phenoxy) is 1. The van der Waals surface area contributed by atoms with Crippen LogP contribution in [-0.2, 0) is 4.74 Å². The predicted octanol–water partition coefficient (Wildman–Crippen LogP) is -2.68. The highest BCUT2D eigenvalue weighted by Crippen LogP contribution is 2.30. The third-order valence-corrected chi connectivity index (χ3v) is 2.42. The molecule has 0 aromatic carbocycles. The Balaban J connectivity index is 2.26. The second-order valence-corrected chi connectivity index (χ2v) is 3.45. The fraction of sp³-hybridized carbons (Fsp3) is 0.625. The van der Waals surface area contributed by atoms with Crippen LogP contribution in [0.1, 0.15) is 11.9 Å². The lowest BCUT2D eigenvalue weighted by atomic mass is 10.1. The minimum atomic E-state index is -1.25. The Hall–Kier alpha value is -1.35. The van der Waals surface area contributed by atoms with E-state index in [0.717, 1.165) is 6.33 Å². The molecule has 0 amide bonds. The minimum Gasteiger partial charge on any atom is -0.394 e. The second-order valence-electron chi connectivity index (χ2n) is 3.45. The summed E-state index contributed by atoms with van der Waals surface area (Å²) in [7, 11) is 0. The van der Waals surface area contributed by atoms with Crippen molar-refractivity contribution in [2.45, 2.75) is 24.4 Å². The van der Waals surface area contributed by atoms with Crippen molar-refractivity contribution in [1.82, 2.24) is 15.0 Å². The third-order valence-electron chi connectivity index (χ3n) is 2.42. The fourth-order valence-electron chi connectivity index (χ4n) is 1.59. The van der Waals surface area contributed by atoms with Gasteiger partial charge in [-0.1, -0.05) is 0 Å². The van der Waals surface area contributed by atoms with Crippen molar-refractivity contribution >= 4 is 0 Å². The van der Waals surface area contributed by atoms with Crippen molar-refractivity contribution in [2.75, 3.05) is 6.61 Å². The van der Waals surface area contributed by atoms with Crippen LogP contribution in [0.4, 0.5) is 0 Å². The van der Waals surface area contributed by atoms with Crippen LogP contribution in [0.5, 0.6) is 0 Å². The van der Waals surface area contributed by atoms with Gasteiger partial charge in [-0.15, -0.1) is 0 Å². The second kappa shape index (κ2) is 4.26. The summed E-state index contributed by atoms with van der Waals surface area (Å²) in [5.41, 5.74) is -0.622. The number of nitrogens with one attached hydrogen (secondary N) is 1. The first-order chi connectivity index (χ1) is 7.63. The van der Waals surface area contributed by atoms with Crippen molar-refractivity contribution in [3.05, 3.63) is 22.6 Å². The number of rotatable bonds is 2. The van der Waals surface area contributed by atoms with E-state index in [-0.39, 0.29) is 5.82 Å². The Morgan fingerprint density at radius 1 is 1.38 bits per heavy atom. The number of hydrogen-bond acceptors (Lipinski definition) is 7. The van der Waals surface area contributed by atoms with Gasteiger partial charge in [-0.05, 0) is 0 Å². The normalized spacial score (nSPS) is 34.2. The summed E-state index contributed by atoms with van der Waals surface area (Å²) in [6, 6.07) is 0. The maximum atomic E-state index is 10.9. The number of H-pyrrole nitrogens is 1. The van der Waals surface area contributed by atoms with E-state index in [4.69, 9.17) is 9.84 Å². The maximum absolute atomic E-state index is 10.9. The zero-order valence-corrected chi connectivity index (χ0v) is 8.15. The molecule has 1 aliphatic heterocycles. The van der Waals surface area contributed by atoms with Crippen molar-refractivity contribution < 1.29 is 20.1 Å². The Bertz CT molecular complexity index is 422. The van der Waals surface area contributed by atoms with Gasteiger partial charge >= 0.3 is 5.69 Å². The van der Waals surface area contributed by atoms with Gasteiger partial charge in [0.15, 0.2) is 0 Å². The summed E-state index contributed by atoms with van der Waals surface area (Å²) in [5.74, 6) is 0.0718. The summed E-state index contributed by atoms with van der Waals surface area (Å²) in [4.78, 5) is 20.3. The molecule has 4 N–H and O–H groups in total. The Labute approximate surface area is 89.6 Å². The molecule has 1 aromatic rings. The van der Waals surface area contributed by atoms with Crippen LogP contribution in [-0.4, -0.2) is 55.2 Å². The molecule has 8 heteroatoms. The molecule has 4 atom stereocenters. The molecule has 1 aromatic heterocycles. The monoisotopic (exact) mass is 229 g/mol. The molecule has 0 radical (unpaired) electrons. The summed E-state index contributed by atoms with van der Waals surface area (Å²) in [6.07, 6.45) is -3.29. The Morgan fingerprint density at radius 2 is 2.12 bits per heavy atom. The van der Waals surface area contributed by atoms with Gasteiger partial charge in [-0.25, -0.2) is 9.78 Å². The molecule has 1 fully saturated rings. The van der Waals surface area contributed by atoms with Gasteiger partial charge in [0.25, 0.3) is 0 Å². The topological polar surface area (TPSA) is 129 Å². The standard InChI is InChI=1S/C8H11N3O5/c12-1-3-4(13)5(14)6(16-3)7-9-2-10-8(15)11-7/h2-6,12-14H,1H2,(H,9,10,11,15)/t3-,4-,5-,6+/m1/s1. The van der Waals surface area contributed by atoms with Crippen molar-refractivity contribution in [3.8, 4) is 0 Å². The molecule has 88 valence electrons. The largest absolute Gasteiger partial charge is 0.394 e. The van der Waals surface area contributed by atoms with Crippen molar-refractivity contribution in [2.24, 2.45) is 0 Å². The van der Waals surface area contributed by atoms with E-state index in [1.165, 1.54) is 0 Å². The minimum absolute atomic E-state index is 0.0718. The van der Waals surface area contributed by atoms with Gasteiger partial charge < -0.3 is 20.1 Å². The summed E-state index contributed by atoms with van der Waals surface area (Å²) < 4.78 is 5.17. The van der Waals surface area contributed by atoms with Gasteiger partial charge in [-0.3, -0.25) is 4.98 Å². The molecular formula is C8H11N3O5. The first-order valence-electron chi connectivity index (χ1n) is 4.67. The molecule has 0 saturated carbocycles. The van der Waals surface area contributed by atoms with Crippen LogP contribution in [0, 0.1) is 0 Å². The van der Waals surface area contributed by atoms with Gasteiger partial charge in [0.1, 0.15) is 36.6 Å². The number of hydrogen-bond donors (Lipinski definition) is 4. The van der Waals surface area contributed by atoms with E-state index in [1.807, 2.05) is 0 Å². The SMILES string of the molecule is O=c1ncnc([C@H]2O[C@H](CO)[C@@H](O)[C@H]2O)[nH]1. The Morgan fingerprint density at radius 3 is 2.69 bits per heavy atom. The third kappa shape index (κ3) is 1.83. The zero-order chi connectivity index (χ0) is 11.7. The molecule has 1 saturated heterocycles. The highest BCUT2D eigenvalue weighted by atomic mass is 16.6. The van der Waals surface area contributed by atoms with E-state index in [9.17, 15) is 15.0 Å². The first kappa shape index (κ1) is 11.1. The summed E-state index contributed by atoms with van der Waals surface area (Å²) >= 11 is 0. The van der Waals surface area contributed by atoms with Crippen LogP contribution in [0.15, 0.2) is 11.1 Å². The zero-order valence-electron chi connectivity index (χ0n) is 8.15. The fourth-order valence-corrected chi connectivity index (χ4v) is 1.59. The first-order valence-corrected chi connectivity index (χ1v) is 4.67. The highest BCUT2D eigenvalue weighted by Gasteiger charge is 2.44. The molecular weight excluding hydrogens is 218 g/mol. The van der Waals surface area contributed by atoms with Gasteiger partial charge in [-0.2, -0.15) is 4.98 Å². The van der Waals surface area contributed by atoms with Crippen molar-refractivity contribution in [3.63, 3.8) is 0 Å². The highest BCUT2D eigenvalue weighted by molar-refractivity contribution is 5.01. The molecule has 2 rings (SSSR count). The van der Waals surface area contributed by atoms with Crippen LogP contribution >= 0.6 is 0 Å². The average molecular weight is 229 g/mol. The van der Waals surface area contributed by atoms with Crippen LogP contribution in [0.2, 0.25) is 0 Å². The molecule has 0 unspecified atom stereocenters. The number of aliphatic hydroxyl groups is 3. The number of aromatic nitrogens is 3. The lowest BCUT2D eigenvalue weighted by molar-refractivity contribution is -0.0254. The van der Waals surface area contributed by atoms with Crippen LogP contribution in [0.3, 0.4) is 0 Å². The smallest absolute Gasteiger partial charge is 0.347 e. The molecule has 0 aliphatic carbocycles. The average Bonchev–Trinajstić information content (AvgIpc) is 2.56. The van der Waals surface area contributed by atoms with Crippen LogP contribution in [0.25, 0.3) is 0 Å². The van der Waals surface area contributed by atoms with Gasteiger partial charge in [0.2, 0.25) is 0 Å². The predicted molar refractivity (Wildman–Crippen MR) is 49.4 cm³/mol. The lowest BCUT2D eigenvalue weighted by Crippen LogP contribution is -2.32. The van der Waals surface area contributed by atoms with E-state index in [0.29, 0.717) is 0 Å². The number of aromatic amines is 1. The molecule has 1 aliphatic rings. The van der Waals surface area contributed by atoms with E-state index in [1.54, 1.807) is 0 Å². The molecule has 2 heterocycles. The lowest BCUT2D eigenvalue weighted by Gasteiger charge is -2.12. The summed E-state index contributed by atoms with van der Waals surface area (Å²) in [6.45, 7) is -0.427. The number of aliphatic hydroxyl groups excluding tert-OH is 3. The van der Waals surface area contributed by atoms with E-state index < -0.39 is 36.7 Å². The molecule has 0 bridgehead atoms. The Kier molecular flexibility index (Phi) is 2.97. The van der Waals surface area contributed by atoms with Gasteiger partial charge in [0, 0.05) is 0 Å². The van der Waals surface area contributed by atoms with Crippen molar-refractivity contribution in [1.29, 1.82) is 0 Å². The van der Waals surface area contributed by atoms with E-state index in [2.05, 4.69) is 15.0 Å². The molecule has 16 heavy (non-hydrogen) atoms. The van der Waals surface area contributed by atoms with E-state index >= 15 is 0 Å². The molecule has 0 spiro atoms. The maximum Gasteiger partial charge on any atom is 0.347 e. The number of nitrogens with zero attached hydrogens (tertiary/aromatic N) is 2. The summed E-state index contributed by atoms with van der Waals surface area (Å²) in [5, 5.41) is 28.0. The van der Waals surface area contributed by atoms with Crippen LogP contribution < -0.4 is 5.69 Å². The van der Waals surface area contributed by atoms with Gasteiger partial charge in [0.05, 0.1) is 6.61 Å².